The van der Waals surface area contributed by atoms with E-state index in [1.54, 1.807) is 6.07 Å². The van der Waals surface area contributed by atoms with E-state index in [0.29, 0.717) is 22.5 Å². The molecule has 1 fully saturated rings. The summed E-state index contributed by atoms with van der Waals surface area (Å²) in [6.07, 6.45) is 3.26. The minimum absolute atomic E-state index is 0.538. The summed E-state index contributed by atoms with van der Waals surface area (Å²) >= 11 is 12.1. The van der Waals surface area contributed by atoms with Gasteiger partial charge in [0.05, 0.1) is 5.60 Å². The minimum atomic E-state index is -0.652. The normalized spacial score (nSPS) is 24.9. The summed E-state index contributed by atoms with van der Waals surface area (Å²) < 4.78 is 0. The van der Waals surface area contributed by atoms with Gasteiger partial charge in [0.15, 0.2) is 0 Å². The molecule has 0 radical (unpaired) electrons. The summed E-state index contributed by atoms with van der Waals surface area (Å²) in [6.45, 7) is 6.43. The van der Waals surface area contributed by atoms with Gasteiger partial charge < -0.3 is 10.0 Å². The third kappa shape index (κ3) is 4.11. The van der Waals surface area contributed by atoms with Crippen LogP contribution in [0.2, 0.25) is 10.0 Å². The van der Waals surface area contributed by atoms with Crippen LogP contribution in [0.5, 0.6) is 0 Å². The molecule has 1 heterocycles. The smallest absolute Gasteiger partial charge is 0.0701 e. The summed E-state index contributed by atoms with van der Waals surface area (Å²) in [5, 5.41) is 12.2. The van der Waals surface area contributed by atoms with Crippen LogP contribution in [0.3, 0.4) is 0 Å². The number of nitrogens with zero attached hydrogens (tertiary/aromatic N) is 1. The highest BCUT2D eigenvalue weighted by Crippen LogP contribution is 2.31. The zero-order valence-corrected chi connectivity index (χ0v) is 13.7. The molecule has 0 aromatic heterocycles. The third-order valence-corrected chi connectivity index (χ3v) is 4.80. The molecule has 1 N–H and O–H groups in total. The molecule has 1 saturated heterocycles. The lowest BCUT2D eigenvalue weighted by Crippen LogP contribution is -2.35. The van der Waals surface area contributed by atoms with Crippen LogP contribution in [-0.2, 0) is 6.42 Å². The van der Waals surface area contributed by atoms with Crippen molar-refractivity contribution in [1.29, 1.82) is 0 Å². The van der Waals surface area contributed by atoms with Gasteiger partial charge in [0.25, 0.3) is 0 Å². The van der Waals surface area contributed by atoms with Crippen molar-refractivity contribution in [1.82, 2.24) is 4.90 Å². The molecule has 20 heavy (non-hydrogen) atoms. The van der Waals surface area contributed by atoms with E-state index in [-0.39, 0.29) is 0 Å². The van der Waals surface area contributed by atoms with Crippen LogP contribution in [-0.4, -0.2) is 34.7 Å². The second-order valence-electron chi connectivity index (χ2n) is 6.12. The van der Waals surface area contributed by atoms with Gasteiger partial charge in [0, 0.05) is 29.1 Å². The van der Waals surface area contributed by atoms with Gasteiger partial charge in [0.2, 0.25) is 0 Å². The predicted molar refractivity (Wildman–Crippen MR) is 85.7 cm³/mol. The average molecular weight is 316 g/mol. The lowest BCUT2D eigenvalue weighted by atomic mass is 9.88. The van der Waals surface area contributed by atoms with Crippen molar-refractivity contribution in [2.75, 3.05) is 13.1 Å². The number of rotatable bonds is 3. The van der Waals surface area contributed by atoms with Gasteiger partial charge in [-0.15, -0.1) is 0 Å². The Kier molecular flexibility index (Phi) is 5.36. The predicted octanol–water partition coefficient (Wildman–Crippen LogP) is 4.16. The fraction of sp³-hybridized carbons (Fsp3) is 0.625. The maximum atomic E-state index is 10.9. The highest BCUT2D eigenvalue weighted by atomic mass is 35.5. The Morgan fingerprint density at radius 1 is 1.25 bits per heavy atom. The maximum absolute atomic E-state index is 10.9. The molecule has 1 aliphatic rings. The number of benzene rings is 1. The van der Waals surface area contributed by atoms with E-state index in [4.69, 9.17) is 23.2 Å². The van der Waals surface area contributed by atoms with Crippen molar-refractivity contribution in [3.63, 3.8) is 0 Å². The Morgan fingerprint density at radius 2 is 2.00 bits per heavy atom. The second kappa shape index (κ2) is 6.65. The van der Waals surface area contributed by atoms with Crippen LogP contribution in [0.15, 0.2) is 18.2 Å². The van der Waals surface area contributed by atoms with E-state index in [9.17, 15) is 5.11 Å². The van der Waals surface area contributed by atoms with E-state index in [1.165, 1.54) is 0 Å². The van der Waals surface area contributed by atoms with Gasteiger partial charge in [0.1, 0.15) is 0 Å². The Labute approximate surface area is 131 Å². The first-order valence-electron chi connectivity index (χ1n) is 7.30. The first-order valence-corrected chi connectivity index (χ1v) is 8.06. The molecule has 4 heteroatoms. The number of hydrogen-bond donors (Lipinski definition) is 1. The number of likely N-dealkylation sites (tertiary alicyclic amines) is 1. The standard InChI is InChI=1S/C16H23Cl2NO/c1-12(2)19-8-3-6-16(20,7-9-19)11-13-4-5-14(17)10-15(13)18/h4-5,10,12,20H,3,6-9,11H2,1-2H3. The van der Waals surface area contributed by atoms with Gasteiger partial charge in [-0.25, -0.2) is 0 Å². The Morgan fingerprint density at radius 3 is 2.65 bits per heavy atom. The van der Waals surface area contributed by atoms with Gasteiger partial charge in [-0.2, -0.15) is 0 Å². The SMILES string of the molecule is CC(C)N1CCCC(O)(Cc2ccc(Cl)cc2Cl)CC1. The van der Waals surface area contributed by atoms with E-state index >= 15 is 0 Å². The van der Waals surface area contributed by atoms with Gasteiger partial charge >= 0.3 is 0 Å². The van der Waals surface area contributed by atoms with Gasteiger partial charge in [-0.1, -0.05) is 29.3 Å². The molecule has 1 unspecified atom stereocenters. The molecule has 1 aliphatic heterocycles. The molecule has 112 valence electrons. The highest BCUT2D eigenvalue weighted by Gasteiger charge is 2.31. The number of halogens is 2. The Hall–Kier alpha value is -0.280. The fourth-order valence-electron chi connectivity index (χ4n) is 2.91. The summed E-state index contributed by atoms with van der Waals surface area (Å²) in [6, 6.07) is 6.05. The summed E-state index contributed by atoms with van der Waals surface area (Å²) in [7, 11) is 0. The van der Waals surface area contributed by atoms with Crippen LogP contribution in [0.4, 0.5) is 0 Å². The van der Waals surface area contributed by atoms with Crippen molar-refractivity contribution in [3.05, 3.63) is 33.8 Å². The third-order valence-electron chi connectivity index (χ3n) is 4.22. The fourth-order valence-corrected chi connectivity index (χ4v) is 3.39. The quantitative estimate of drug-likeness (QED) is 0.905. The maximum Gasteiger partial charge on any atom is 0.0701 e. The summed E-state index contributed by atoms with van der Waals surface area (Å²) in [4.78, 5) is 2.43. The lowest BCUT2D eigenvalue weighted by Gasteiger charge is -2.28. The number of aliphatic hydroxyl groups is 1. The summed E-state index contributed by atoms with van der Waals surface area (Å²) in [5.41, 5.74) is 0.331. The summed E-state index contributed by atoms with van der Waals surface area (Å²) in [5.74, 6) is 0. The van der Waals surface area contributed by atoms with Crippen molar-refractivity contribution in [2.45, 2.75) is 51.2 Å². The number of hydrogen-bond acceptors (Lipinski definition) is 2. The molecule has 1 aromatic carbocycles. The van der Waals surface area contributed by atoms with Crippen molar-refractivity contribution in [2.24, 2.45) is 0 Å². The molecule has 2 nitrogen and oxygen atoms in total. The molecule has 0 bridgehead atoms. The molecule has 0 spiro atoms. The van der Waals surface area contributed by atoms with E-state index < -0.39 is 5.60 Å². The zero-order valence-electron chi connectivity index (χ0n) is 12.2. The van der Waals surface area contributed by atoms with E-state index in [0.717, 1.165) is 37.9 Å². The molecule has 1 atom stereocenters. The highest BCUT2D eigenvalue weighted by molar-refractivity contribution is 6.35. The molecule has 0 aliphatic carbocycles. The van der Waals surface area contributed by atoms with Crippen LogP contribution in [0.1, 0.15) is 38.7 Å². The van der Waals surface area contributed by atoms with Crippen LogP contribution < -0.4 is 0 Å². The van der Waals surface area contributed by atoms with Crippen molar-refractivity contribution in [3.8, 4) is 0 Å². The zero-order chi connectivity index (χ0) is 14.8. The van der Waals surface area contributed by atoms with Crippen LogP contribution in [0.25, 0.3) is 0 Å². The van der Waals surface area contributed by atoms with Crippen molar-refractivity contribution >= 4 is 23.2 Å². The second-order valence-corrected chi connectivity index (χ2v) is 6.96. The average Bonchev–Trinajstić information content (AvgIpc) is 2.55. The lowest BCUT2D eigenvalue weighted by molar-refractivity contribution is 0.0249. The van der Waals surface area contributed by atoms with Gasteiger partial charge in [-0.05, 0) is 57.4 Å². The van der Waals surface area contributed by atoms with Gasteiger partial charge in [-0.3, -0.25) is 0 Å². The Bertz CT molecular complexity index is 464. The monoisotopic (exact) mass is 315 g/mol. The first-order chi connectivity index (χ1) is 9.39. The van der Waals surface area contributed by atoms with Crippen LogP contribution in [0, 0.1) is 0 Å². The largest absolute Gasteiger partial charge is 0.389 e. The van der Waals surface area contributed by atoms with E-state index in [1.807, 2.05) is 12.1 Å². The molecular weight excluding hydrogens is 293 g/mol. The van der Waals surface area contributed by atoms with Crippen molar-refractivity contribution < 1.29 is 5.11 Å². The minimum Gasteiger partial charge on any atom is -0.389 e. The molecule has 2 rings (SSSR count). The Balaban J connectivity index is 2.07. The molecule has 0 amide bonds. The molecular formula is C16H23Cl2NO. The topological polar surface area (TPSA) is 23.5 Å². The molecule has 0 saturated carbocycles. The molecule has 1 aromatic rings. The first kappa shape index (κ1) is 16.1. The van der Waals surface area contributed by atoms with E-state index in [2.05, 4.69) is 18.7 Å². The van der Waals surface area contributed by atoms with Crippen LogP contribution >= 0.6 is 23.2 Å².